The molecule has 0 atom stereocenters. The summed E-state index contributed by atoms with van der Waals surface area (Å²) < 4.78 is 38.5. The van der Waals surface area contributed by atoms with Crippen molar-refractivity contribution in [1.82, 2.24) is 10.3 Å². The molecule has 7 heteroatoms. The van der Waals surface area contributed by atoms with Gasteiger partial charge in [0.25, 0.3) is 0 Å². The number of hydrogen-bond donors (Lipinski definition) is 2. The molecule has 1 aromatic heterocycles. The van der Waals surface area contributed by atoms with E-state index >= 15 is 0 Å². The third-order valence-electron chi connectivity index (χ3n) is 3.91. The highest BCUT2D eigenvalue weighted by molar-refractivity contribution is 7.16. The molecular formula is C18H17F3N2OS. The highest BCUT2D eigenvalue weighted by Gasteiger charge is 2.29. The van der Waals surface area contributed by atoms with Gasteiger partial charge in [-0.3, -0.25) is 4.79 Å². The van der Waals surface area contributed by atoms with Crippen LogP contribution in [0.25, 0.3) is 10.2 Å². The molecule has 1 heterocycles. The number of thiazole rings is 1. The van der Waals surface area contributed by atoms with Crippen molar-refractivity contribution in [3.63, 3.8) is 0 Å². The largest absolute Gasteiger partial charge is 0.416 e. The van der Waals surface area contributed by atoms with Crippen LogP contribution in [0.2, 0.25) is 0 Å². The number of benzene rings is 2. The van der Waals surface area contributed by atoms with Gasteiger partial charge in [0.15, 0.2) is 0 Å². The summed E-state index contributed by atoms with van der Waals surface area (Å²) in [5, 5.41) is 3.24. The van der Waals surface area contributed by atoms with Gasteiger partial charge in [-0.15, -0.1) is 0 Å². The molecule has 0 saturated carbocycles. The zero-order valence-corrected chi connectivity index (χ0v) is 14.1. The molecule has 2 N–H and O–H groups in total. The lowest BCUT2D eigenvalue weighted by atomic mass is 10.1. The van der Waals surface area contributed by atoms with Gasteiger partial charge in [0, 0.05) is 6.54 Å². The number of fused-ring (bicyclic) bond motifs is 1. The average Bonchev–Trinajstić information content (AvgIpc) is 2.93. The van der Waals surface area contributed by atoms with Crippen molar-refractivity contribution in [1.29, 1.82) is 0 Å². The third kappa shape index (κ3) is 4.70. The lowest BCUT2D eigenvalue weighted by Crippen LogP contribution is -2.15. The van der Waals surface area contributed by atoms with Crippen LogP contribution in [-0.2, 0) is 19.1 Å². The molecule has 0 amide bonds. The Bertz CT molecular complexity index is 897. The van der Waals surface area contributed by atoms with Crippen molar-refractivity contribution in [3.05, 3.63) is 68.8 Å². The molecule has 3 aromatic rings. The van der Waals surface area contributed by atoms with E-state index in [9.17, 15) is 18.0 Å². The Labute approximate surface area is 146 Å². The number of alkyl halides is 3. The number of nitrogens with one attached hydrogen (secondary N) is 2. The van der Waals surface area contributed by atoms with Crippen LogP contribution in [0, 0.1) is 0 Å². The molecule has 3 rings (SSSR count). The highest BCUT2D eigenvalue weighted by Crippen LogP contribution is 2.29. The molecule has 0 aliphatic carbocycles. The molecule has 3 nitrogen and oxygen atoms in total. The second-order valence-electron chi connectivity index (χ2n) is 5.82. The van der Waals surface area contributed by atoms with E-state index in [4.69, 9.17) is 0 Å². The Morgan fingerprint density at radius 3 is 2.48 bits per heavy atom. The normalized spacial score (nSPS) is 12.0. The van der Waals surface area contributed by atoms with Gasteiger partial charge in [0.1, 0.15) is 0 Å². The van der Waals surface area contributed by atoms with E-state index in [2.05, 4.69) is 10.3 Å². The van der Waals surface area contributed by atoms with Crippen molar-refractivity contribution in [2.75, 3.05) is 6.54 Å². The number of H-pyrrole nitrogens is 1. The minimum atomic E-state index is -4.29. The standard InChI is InChI=1S/C18H17F3N2OS/c19-18(20,21)14-6-3-13(4-7-14)11-22-9-1-2-12-5-8-15-16(10-12)25-17(24)23-15/h3-8,10,22H,1-2,9,11H2,(H,23,24). The summed E-state index contributed by atoms with van der Waals surface area (Å²) in [5.74, 6) is 0. The van der Waals surface area contributed by atoms with E-state index in [1.54, 1.807) is 0 Å². The Morgan fingerprint density at radius 2 is 1.76 bits per heavy atom. The Balaban J connectivity index is 1.44. The van der Waals surface area contributed by atoms with Gasteiger partial charge in [-0.05, 0) is 54.8 Å². The molecule has 0 spiro atoms. The lowest BCUT2D eigenvalue weighted by Gasteiger charge is -2.08. The van der Waals surface area contributed by atoms with Crippen molar-refractivity contribution in [2.24, 2.45) is 0 Å². The summed E-state index contributed by atoms with van der Waals surface area (Å²) in [6.45, 7) is 1.30. The fourth-order valence-corrected chi connectivity index (χ4v) is 3.41. The maximum absolute atomic E-state index is 12.5. The number of aromatic amines is 1. The fraction of sp³-hybridized carbons (Fsp3) is 0.278. The monoisotopic (exact) mass is 366 g/mol. The van der Waals surface area contributed by atoms with Crippen LogP contribution in [0.5, 0.6) is 0 Å². The maximum Gasteiger partial charge on any atom is 0.416 e. The number of halogens is 3. The van der Waals surface area contributed by atoms with E-state index in [1.165, 1.54) is 29.0 Å². The zero-order valence-electron chi connectivity index (χ0n) is 13.3. The molecule has 0 saturated heterocycles. The molecule has 132 valence electrons. The number of aryl methyl sites for hydroxylation is 1. The zero-order chi connectivity index (χ0) is 17.9. The van der Waals surface area contributed by atoms with Crippen LogP contribution in [0.3, 0.4) is 0 Å². The van der Waals surface area contributed by atoms with Gasteiger partial charge in [0.2, 0.25) is 0 Å². The van der Waals surface area contributed by atoms with Crippen LogP contribution < -0.4 is 10.2 Å². The summed E-state index contributed by atoms with van der Waals surface area (Å²) in [7, 11) is 0. The summed E-state index contributed by atoms with van der Waals surface area (Å²) in [6.07, 6.45) is -2.51. The summed E-state index contributed by atoms with van der Waals surface area (Å²) in [4.78, 5) is 14.0. The van der Waals surface area contributed by atoms with E-state index in [1.807, 2.05) is 18.2 Å². The quantitative estimate of drug-likeness (QED) is 0.638. The number of aromatic nitrogens is 1. The van der Waals surface area contributed by atoms with Crippen LogP contribution in [-0.4, -0.2) is 11.5 Å². The summed E-state index contributed by atoms with van der Waals surface area (Å²) in [6, 6.07) is 11.1. The Hall–Kier alpha value is -2.12. The Kier molecular flexibility index (Phi) is 5.24. The Morgan fingerprint density at radius 1 is 1.04 bits per heavy atom. The average molecular weight is 366 g/mol. The number of hydrogen-bond acceptors (Lipinski definition) is 3. The minimum Gasteiger partial charge on any atom is -0.313 e. The minimum absolute atomic E-state index is 0.0506. The molecule has 0 fully saturated rings. The van der Waals surface area contributed by atoms with Crippen molar-refractivity contribution < 1.29 is 13.2 Å². The lowest BCUT2D eigenvalue weighted by molar-refractivity contribution is -0.137. The fourth-order valence-electron chi connectivity index (χ4n) is 2.61. The van der Waals surface area contributed by atoms with Crippen LogP contribution in [0.15, 0.2) is 47.3 Å². The molecule has 2 aromatic carbocycles. The second-order valence-corrected chi connectivity index (χ2v) is 6.83. The van der Waals surface area contributed by atoms with Crippen molar-refractivity contribution in [3.8, 4) is 0 Å². The van der Waals surface area contributed by atoms with Gasteiger partial charge in [-0.25, -0.2) is 0 Å². The van der Waals surface area contributed by atoms with Gasteiger partial charge >= 0.3 is 11.0 Å². The molecule has 25 heavy (non-hydrogen) atoms. The van der Waals surface area contributed by atoms with E-state index in [0.29, 0.717) is 6.54 Å². The molecule has 0 bridgehead atoms. The van der Waals surface area contributed by atoms with Gasteiger partial charge < -0.3 is 10.3 Å². The van der Waals surface area contributed by atoms with Crippen molar-refractivity contribution >= 4 is 21.6 Å². The smallest absolute Gasteiger partial charge is 0.313 e. The maximum atomic E-state index is 12.5. The molecule has 0 unspecified atom stereocenters. The molecular weight excluding hydrogens is 349 g/mol. The first kappa shape index (κ1) is 17.7. The van der Waals surface area contributed by atoms with E-state index in [-0.39, 0.29) is 4.87 Å². The first-order chi connectivity index (χ1) is 11.9. The van der Waals surface area contributed by atoms with Crippen LogP contribution >= 0.6 is 11.3 Å². The van der Waals surface area contributed by atoms with Gasteiger partial charge in [0.05, 0.1) is 15.8 Å². The van der Waals surface area contributed by atoms with E-state index in [0.717, 1.165) is 47.3 Å². The predicted molar refractivity (Wildman–Crippen MR) is 93.9 cm³/mol. The van der Waals surface area contributed by atoms with Gasteiger partial charge in [-0.2, -0.15) is 13.2 Å². The number of rotatable bonds is 6. The molecule has 0 aliphatic rings. The summed E-state index contributed by atoms with van der Waals surface area (Å²) in [5.41, 5.74) is 2.23. The summed E-state index contributed by atoms with van der Waals surface area (Å²) >= 11 is 1.20. The highest BCUT2D eigenvalue weighted by atomic mass is 32.1. The van der Waals surface area contributed by atoms with Crippen LogP contribution in [0.1, 0.15) is 23.1 Å². The second kappa shape index (κ2) is 7.41. The predicted octanol–water partition coefficient (Wildman–Crippen LogP) is 4.33. The topological polar surface area (TPSA) is 44.9 Å². The van der Waals surface area contributed by atoms with Crippen molar-refractivity contribution in [2.45, 2.75) is 25.6 Å². The van der Waals surface area contributed by atoms with Gasteiger partial charge in [-0.1, -0.05) is 29.5 Å². The third-order valence-corrected chi connectivity index (χ3v) is 4.76. The molecule has 0 aliphatic heterocycles. The van der Waals surface area contributed by atoms with Crippen LogP contribution in [0.4, 0.5) is 13.2 Å². The first-order valence-corrected chi connectivity index (χ1v) is 8.72. The van der Waals surface area contributed by atoms with E-state index < -0.39 is 11.7 Å². The first-order valence-electron chi connectivity index (χ1n) is 7.90. The SMILES string of the molecule is O=c1[nH]c2ccc(CCCNCc3ccc(C(F)(F)F)cc3)cc2s1. The molecule has 0 radical (unpaired) electrons.